The molecule has 0 bridgehead atoms. The molecule has 21 heavy (non-hydrogen) atoms. The number of carbonyl (C=O) groups is 1. The Balaban J connectivity index is 1.97. The summed E-state index contributed by atoms with van der Waals surface area (Å²) < 4.78 is 5.43. The fourth-order valence-corrected chi connectivity index (χ4v) is 2.58. The number of hydrogen-bond acceptors (Lipinski definition) is 3. The van der Waals surface area contributed by atoms with E-state index in [-0.39, 0.29) is 11.8 Å². The lowest BCUT2D eigenvalue weighted by Gasteiger charge is -2.35. The molecule has 1 atom stereocenters. The molecular weight excluding hydrogens is 264 g/mol. The minimum Gasteiger partial charge on any atom is -0.379 e. The van der Waals surface area contributed by atoms with Crippen LogP contribution < -0.4 is 5.32 Å². The maximum absolute atomic E-state index is 11.8. The van der Waals surface area contributed by atoms with Gasteiger partial charge in [-0.15, -0.1) is 0 Å². The Morgan fingerprint density at radius 1 is 1.24 bits per heavy atom. The van der Waals surface area contributed by atoms with E-state index in [4.69, 9.17) is 4.74 Å². The second-order valence-corrected chi connectivity index (χ2v) is 5.89. The van der Waals surface area contributed by atoms with Crippen LogP contribution in [0.2, 0.25) is 0 Å². The van der Waals surface area contributed by atoms with Crippen molar-refractivity contribution in [3.05, 3.63) is 35.9 Å². The number of amides is 1. The molecule has 4 nitrogen and oxygen atoms in total. The first-order valence-corrected chi connectivity index (χ1v) is 7.80. The topological polar surface area (TPSA) is 41.6 Å². The van der Waals surface area contributed by atoms with E-state index in [9.17, 15) is 4.79 Å². The van der Waals surface area contributed by atoms with Crippen molar-refractivity contribution in [2.24, 2.45) is 5.92 Å². The number of nitrogens with zero attached hydrogens (tertiary/aromatic N) is 1. The van der Waals surface area contributed by atoms with Crippen molar-refractivity contribution in [2.75, 3.05) is 32.8 Å². The molecule has 0 aliphatic carbocycles. The number of benzene rings is 1. The lowest BCUT2D eigenvalue weighted by molar-refractivity contribution is -0.124. The fourth-order valence-electron chi connectivity index (χ4n) is 2.58. The summed E-state index contributed by atoms with van der Waals surface area (Å²) in [4.78, 5) is 14.3. The van der Waals surface area contributed by atoms with Gasteiger partial charge in [-0.2, -0.15) is 0 Å². The third kappa shape index (κ3) is 5.14. The Morgan fingerprint density at radius 2 is 1.90 bits per heavy atom. The van der Waals surface area contributed by atoms with Crippen LogP contribution in [-0.2, 0) is 16.0 Å². The third-order valence-corrected chi connectivity index (χ3v) is 3.91. The lowest BCUT2D eigenvalue weighted by atomic mass is 10.0. The van der Waals surface area contributed by atoms with Crippen molar-refractivity contribution in [3.8, 4) is 0 Å². The van der Waals surface area contributed by atoms with Crippen molar-refractivity contribution in [3.63, 3.8) is 0 Å². The molecule has 1 aliphatic rings. The quantitative estimate of drug-likeness (QED) is 0.867. The van der Waals surface area contributed by atoms with Crippen LogP contribution >= 0.6 is 0 Å². The van der Waals surface area contributed by atoms with Crippen LogP contribution in [0, 0.1) is 5.92 Å². The normalized spacial score (nSPS) is 17.7. The van der Waals surface area contributed by atoms with E-state index in [2.05, 4.69) is 34.5 Å². The molecule has 0 radical (unpaired) electrons. The van der Waals surface area contributed by atoms with Gasteiger partial charge in [0.05, 0.1) is 13.2 Å². The van der Waals surface area contributed by atoms with Crippen molar-refractivity contribution < 1.29 is 9.53 Å². The Morgan fingerprint density at radius 3 is 2.52 bits per heavy atom. The third-order valence-electron chi connectivity index (χ3n) is 3.91. The lowest BCUT2D eigenvalue weighted by Crippen LogP contribution is -2.50. The number of hydrogen-bond donors (Lipinski definition) is 1. The zero-order valence-electron chi connectivity index (χ0n) is 13.0. The van der Waals surface area contributed by atoms with Crippen molar-refractivity contribution in [1.29, 1.82) is 0 Å². The van der Waals surface area contributed by atoms with E-state index in [0.29, 0.717) is 12.6 Å². The summed E-state index contributed by atoms with van der Waals surface area (Å²) in [6.45, 7) is 8.00. The number of morpholine rings is 1. The number of nitrogens with one attached hydrogen (secondary N) is 1. The predicted octanol–water partition coefficient (Wildman–Crippen LogP) is 1.70. The SMILES string of the molecule is CC(C)C(=O)NCC(Cc1ccccc1)N1CCOCC1. The van der Waals surface area contributed by atoms with E-state index in [1.54, 1.807) is 0 Å². The molecule has 1 heterocycles. The van der Waals surface area contributed by atoms with Gasteiger partial charge < -0.3 is 10.1 Å². The fraction of sp³-hybridized carbons (Fsp3) is 0.588. The summed E-state index contributed by atoms with van der Waals surface area (Å²) in [6, 6.07) is 10.8. The first-order chi connectivity index (χ1) is 10.2. The minimum absolute atomic E-state index is 0.0343. The van der Waals surface area contributed by atoms with Crippen molar-refractivity contribution in [1.82, 2.24) is 10.2 Å². The number of rotatable bonds is 6. The summed E-state index contributed by atoms with van der Waals surface area (Å²) in [5.41, 5.74) is 1.31. The van der Waals surface area contributed by atoms with Gasteiger partial charge in [0.15, 0.2) is 0 Å². The van der Waals surface area contributed by atoms with Crippen LogP contribution in [0.15, 0.2) is 30.3 Å². The maximum Gasteiger partial charge on any atom is 0.222 e. The smallest absolute Gasteiger partial charge is 0.222 e. The zero-order chi connectivity index (χ0) is 15.1. The van der Waals surface area contributed by atoms with Gasteiger partial charge in [0.2, 0.25) is 5.91 Å². The summed E-state index contributed by atoms with van der Waals surface area (Å²) in [5.74, 6) is 0.161. The Hall–Kier alpha value is -1.39. The summed E-state index contributed by atoms with van der Waals surface area (Å²) >= 11 is 0. The highest BCUT2D eigenvalue weighted by Crippen LogP contribution is 2.11. The van der Waals surface area contributed by atoms with Crippen molar-refractivity contribution >= 4 is 5.91 Å². The molecule has 1 aromatic carbocycles. The van der Waals surface area contributed by atoms with Gasteiger partial charge in [-0.3, -0.25) is 9.69 Å². The minimum atomic E-state index is 0.0343. The van der Waals surface area contributed by atoms with E-state index in [1.807, 2.05) is 19.9 Å². The monoisotopic (exact) mass is 290 g/mol. The van der Waals surface area contributed by atoms with Gasteiger partial charge in [0.25, 0.3) is 0 Å². The highest BCUT2D eigenvalue weighted by atomic mass is 16.5. The molecule has 0 saturated carbocycles. The second kappa shape index (κ2) is 8.15. The molecule has 1 unspecified atom stereocenters. The maximum atomic E-state index is 11.8. The van der Waals surface area contributed by atoms with Crippen LogP contribution in [0.4, 0.5) is 0 Å². The van der Waals surface area contributed by atoms with Crippen molar-refractivity contribution in [2.45, 2.75) is 26.3 Å². The van der Waals surface area contributed by atoms with Gasteiger partial charge in [-0.1, -0.05) is 44.2 Å². The first-order valence-electron chi connectivity index (χ1n) is 7.80. The second-order valence-electron chi connectivity index (χ2n) is 5.89. The zero-order valence-corrected chi connectivity index (χ0v) is 13.0. The largest absolute Gasteiger partial charge is 0.379 e. The molecule has 1 aliphatic heterocycles. The van der Waals surface area contributed by atoms with E-state index in [1.165, 1.54) is 5.56 Å². The summed E-state index contributed by atoms with van der Waals surface area (Å²) in [7, 11) is 0. The van der Waals surface area contributed by atoms with Crippen LogP contribution in [0.1, 0.15) is 19.4 Å². The summed E-state index contributed by atoms with van der Waals surface area (Å²) in [6.07, 6.45) is 0.958. The Kier molecular flexibility index (Phi) is 6.21. The standard InChI is InChI=1S/C17H26N2O2/c1-14(2)17(20)18-13-16(19-8-10-21-11-9-19)12-15-6-4-3-5-7-15/h3-7,14,16H,8-13H2,1-2H3,(H,18,20). The molecule has 1 saturated heterocycles. The number of ether oxygens (including phenoxy) is 1. The molecule has 116 valence electrons. The van der Waals surface area contributed by atoms with Gasteiger partial charge in [-0.25, -0.2) is 0 Å². The molecule has 1 N–H and O–H groups in total. The molecular formula is C17H26N2O2. The first kappa shape index (κ1) is 16.0. The molecule has 1 aromatic rings. The average Bonchev–Trinajstić information content (AvgIpc) is 2.52. The predicted molar refractivity (Wildman–Crippen MR) is 84.2 cm³/mol. The van der Waals surface area contributed by atoms with Crippen LogP contribution in [0.5, 0.6) is 0 Å². The Bertz CT molecular complexity index is 428. The van der Waals surface area contributed by atoms with Gasteiger partial charge in [0, 0.05) is 31.6 Å². The van der Waals surface area contributed by atoms with E-state index in [0.717, 1.165) is 32.7 Å². The van der Waals surface area contributed by atoms with Gasteiger partial charge >= 0.3 is 0 Å². The van der Waals surface area contributed by atoms with Gasteiger partial charge in [0.1, 0.15) is 0 Å². The van der Waals surface area contributed by atoms with Crippen LogP contribution in [0.3, 0.4) is 0 Å². The Labute approximate surface area is 127 Å². The molecule has 0 spiro atoms. The van der Waals surface area contributed by atoms with E-state index < -0.39 is 0 Å². The highest BCUT2D eigenvalue weighted by Gasteiger charge is 2.22. The molecule has 0 aromatic heterocycles. The van der Waals surface area contributed by atoms with Gasteiger partial charge in [-0.05, 0) is 12.0 Å². The number of carbonyl (C=O) groups excluding carboxylic acids is 1. The van der Waals surface area contributed by atoms with E-state index >= 15 is 0 Å². The average molecular weight is 290 g/mol. The molecule has 1 amide bonds. The summed E-state index contributed by atoms with van der Waals surface area (Å²) in [5, 5.41) is 3.08. The van der Waals surface area contributed by atoms with Crippen LogP contribution in [-0.4, -0.2) is 49.7 Å². The molecule has 2 rings (SSSR count). The molecule has 1 fully saturated rings. The van der Waals surface area contributed by atoms with Crippen LogP contribution in [0.25, 0.3) is 0 Å². The molecule has 4 heteroatoms. The highest BCUT2D eigenvalue weighted by molar-refractivity contribution is 5.77.